The highest BCUT2D eigenvalue weighted by Crippen LogP contribution is 2.46. The Morgan fingerprint density at radius 1 is 0.500 bits per heavy atom. The number of allylic oxidation sites excluding steroid dienone is 1. The lowest BCUT2D eigenvalue weighted by Crippen LogP contribution is -1.93. The van der Waals surface area contributed by atoms with Crippen molar-refractivity contribution < 1.29 is 0 Å². The van der Waals surface area contributed by atoms with E-state index in [1.54, 1.807) is 0 Å². The molecule has 1 heterocycles. The van der Waals surface area contributed by atoms with Crippen LogP contribution in [0.15, 0.2) is 140 Å². The van der Waals surface area contributed by atoms with Crippen LogP contribution in [0.5, 0.6) is 0 Å². The summed E-state index contributed by atoms with van der Waals surface area (Å²) in [5.41, 5.74) is 10.4. The molecule has 210 valence electrons. The fraction of sp³-hybridized carbons (Fsp3) is 0.0698. The van der Waals surface area contributed by atoms with E-state index in [4.69, 9.17) is 0 Å². The maximum Gasteiger partial charge on any atom is 0.0355 e. The summed E-state index contributed by atoms with van der Waals surface area (Å²) in [6.07, 6.45) is 5.35. The third kappa shape index (κ3) is 4.27. The molecule has 0 N–H and O–H groups in total. The molecule has 0 aliphatic rings. The molecule has 0 unspecified atom stereocenters. The van der Waals surface area contributed by atoms with Gasteiger partial charge in [-0.05, 0) is 104 Å². The summed E-state index contributed by atoms with van der Waals surface area (Å²) in [5.74, 6) is 0. The lowest BCUT2D eigenvalue weighted by Gasteiger charge is -2.19. The van der Waals surface area contributed by atoms with E-state index >= 15 is 0 Å². The van der Waals surface area contributed by atoms with Gasteiger partial charge in [0.2, 0.25) is 0 Å². The van der Waals surface area contributed by atoms with Crippen molar-refractivity contribution in [2.45, 2.75) is 20.3 Å². The second-order valence-electron chi connectivity index (χ2n) is 11.5. The molecule has 44 heavy (non-hydrogen) atoms. The minimum absolute atomic E-state index is 0.990. The molecule has 0 fully saturated rings. The third-order valence-corrected chi connectivity index (χ3v) is 10.1. The zero-order valence-corrected chi connectivity index (χ0v) is 25.8. The van der Waals surface area contributed by atoms with Gasteiger partial charge in [-0.1, -0.05) is 128 Å². The molecule has 8 rings (SSSR count). The zero-order chi connectivity index (χ0) is 29.6. The Kier molecular flexibility index (Phi) is 6.62. The van der Waals surface area contributed by atoms with Crippen molar-refractivity contribution in [1.82, 2.24) is 0 Å². The van der Waals surface area contributed by atoms with E-state index in [1.807, 2.05) is 11.3 Å². The van der Waals surface area contributed by atoms with Crippen LogP contribution in [0.4, 0.5) is 0 Å². The van der Waals surface area contributed by atoms with Crippen LogP contribution in [0.25, 0.3) is 81.2 Å². The molecule has 0 aliphatic heterocycles. The molecule has 0 nitrogen and oxygen atoms in total. The fourth-order valence-corrected chi connectivity index (χ4v) is 8.17. The van der Waals surface area contributed by atoms with Crippen molar-refractivity contribution in [3.63, 3.8) is 0 Å². The van der Waals surface area contributed by atoms with Gasteiger partial charge in [-0.15, -0.1) is 11.3 Å². The first-order valence-corrected chi connectivity index (χ1v) is 16.3. The quantitative estimate of drug-likeness (QED) is 0.178. The number of thiophene rings is 1. The Hall–Kier alpha value is -4.98. The van der Waals surface area contributed by atoms with Gasteiger partial charge < -0.3 is 0 Å². The molecular formula is C43H32S. The van der Waals surface area contributed by atoms with Gasteiger partial charge in [0.15, 0.2) is 0 Å². The minimum atomic E-state index is 0.990. The van der Waals surface area contributed by atoms with Crippen LogP contribution in [0.2, 0.25) is 0 Å². The van der Waals surface area contributed by atoms with Crippen LogP contribution in [0.1, 0.15) is 25.0 Å². The standard InChI is InChI=1S/C43H32S/c1-3-13-28-14-12-22-33(32(28)4-2)29-15-11-16-30(26-29)42-35-18-5-7-20-37(35)43(38-21-8-6-19-36(38)42)31-24-25-41-39(27-31)34-17-9-10-23-40(34)44-41/h3,5-27H,4H2,1-2H3/b13-3-. The van der Waals surface area contributed by atoms with Crippen LogP contribution < -0.4 is 0 Å². The Morgan fingerprint density at radius 2 is 1.07 bits per heavy atom. The normalized spacial score (nSPS) is 11.9. The summed E-state index contributed by atoms with van der Waals surface area (Å²) < 4.78 is 2.68. The Balaban J connectivity index is 1.39. The Labute approximate surface area is 262 Å². The number of hydrogen-bond acceptors (Lipinski definition) is 1. The fourth-order valence-electron chi connectivity index (χ4n) is 7.08. The monoisotopic (exact) mass is 580 g/mol. The van der Waals surface area contributed by atoms with E-state index in [2.05, 4.69) is 159 Å². The maximum atomic E-state index is 2.41. The minimum Gasteiger partial charge on any atom is -0.135 e. The highest BCUT2D eigenvalue weighted by Gasteiger charge is 2.18. The average Bonchev–Trinajstić information content (AvgIpc) is 3.45. The van der Waals surface area contributed by atoms with Gasteiger partial charge in [0.1, 0.15) is 0 Å². The molecule has 1 aromatic heterocycles. The number of benzene rings is 7. The van der Waals surface area contributed by atoms with Crippen molar-refractivity contribution in [1.29, 1.82) is 0 Å². The van der Waals surface area contributed by atoms with Gasteiger partial charge in [-0.3, -0.25) is 0 Å². The Bertz CT molecular complexity index is 2330. The van der Waals surface area contributed by atoms with Crippen molar-refractivity contribution in [2.75, 3.05) is 0 Å². The Morgan fingerprint density at radius 3 is 1.73 bits per heavy atom. The van der Waals surface area contributed by atoms with Crippen LogP contribution in [-0.4, -0.2) is 0 Å². The van der Waals surface area contributed by atoms with Gasteiger partial charge in [-0.25, -0.2) is 0 Å². The second-order valence-corrected chi connectivity index (χ2v) is 12.5. The van der Waals surface area contributed by atoms with Crippen LogP contribution in [0.3, 0.4) is 0 Å². The summed E-state index contributed by atoms with van der Waals surface area (Å²) in [6, 6.07) is 49.6. The molecule has 0 bridgehead atoms. The molecule has 8 aromatic rings. The molecule has 0 spiro atoms. The predicted octanol–water partition coefficient (Wildman–Crippen LogP) is 13.0. The molecule has 0 amide bonds. The molecule has 0 radical (unpaired) electrons. The molecular weight excluding hydrogens is 549 g/mol. The molecule has 7 aromatic carbocycles. The van der Waals surface area contributed by atoms with E-state index in [-0.39, 0.29) is 0 Å². The summed E-state index contributed by atoms with van der Waals surface area (Å²) in [7, 11) is 0. The van der Waals surface area contributed by atoms with Crippen LogP contribution in [-0.2, 0) is 6.42 Å². The topological polar surface area (TPSA) is 0 Å². The summed E-state index contributed by atoms with van der Waals surface area (Å²) in [5, 5.41) is 7.81. The van der Waals surface area contributed by atoms with Gasteiger partial charge in [0, 0.05) is 20.2 Å². The average molecular weight is 581 g/mol. The lowest BCUT2D eigenvalue weighted by molar-refractivity contribution is 1.13. The van der Waals surface area contributed by atoms with Gasteiger partial charge >= 0.3 is 0 Å². The van der Waals surface area contributed by atoms with Crippen molar-refractivity contribution >= 4 is 59.1 Å². The van der Waals surface area contributed by atoms with Gasteiger partial charge in [0.05, 0.1) is 0 Å². The van der Waals surface area contributed by atoms with Crippen molar-refractivity contribution in [3.05, 3.63) is 151 Å². The second kappa shape index (κ2) is 10.9. The van der Waals surface area contributed by atoms with Crippen molar-refractivity contribution in [3.8, 4) is 33.4 Å². The first kappa shape index (κ1) is 26.6. The van der Waals surface area contributed by atoms with E-state index in [1.165, 1.54) is 86.2 Å². The predicted molar refractivity (Wildman–Crippen MR) is 195 cm³/mol. The molecule has 1 heteroatoms. The molecule has 0 atom stereocenters. The molecule has 0 saturated carbocycles. The SMILES string of the molecule is C/C=C\c1cccc(-c2cccc(-c3c4ccccc4c(-c4ccc5sc6ccccc6c5c4)c4ccccc34)c2)c1CC. The summed E-state index contributed by atoms with van der Waals surface area (Å²) in [4.78, 5) is 0. The van der Waals surface area contributed by atoms with E-state index in [0.717, 1.165) is 6.42 Å². The van der Waals surface area contributed by atoms with E-state index in [9.17, 15) is 0 Å². The van der Waals surface area contributed by atoms with Gasteiger partial charge in [0.25, 0.3) is 0 Å². The number of rotatable bonds is 5. The van der Waals surface area contributed by atoms with E-state index in [0.29, 0.717) is 0 Å². The van der Waals surface area contributed by atoms with Crippen molar-refractivity contribution in [2.24, 2.45) is 0 Å². The number of fused-ring (bicyclic) bond motifs is 5. The van der Waals surface area contributed by atoms with Crippen LogP contribution in [0, 0.1) is 0 Å². The summed E-state index contributed by atoms with van der Waals surface area (Å²) in [6.45, 7) is 4.35. The molecule has 0 aliphatic carbocycles. The highest BCUT2D eigenvalue weighted by molar-refractivity contribution is 7.25. The van der Waals surface area contributed by atoms with E-state index < -0.39 is 0 Å². The van der Waals surface area contributed by atoms with Gasteiger partial charge in [-0.2, -0.15) is 0 Å². The maximum absolute atomic E-state index is 2.41. The zero-order valence-electron chi connectivity index (χ0n) is 25.0. The third-order valence-electron chi connectivity index (χ3n) is 8.97. The van der Waals surface area contributed by atoms with Crippen LogP contribution >= 0.6 is 11.3 Å². The smallest absolute Gasteiger partial charge is 0.0355 e. The highest BCUT2D eigenvalue weighted by atomic mass is 32.1. The largest absolute Gasteiger partial charge is 0.135 e. The molecule has 0 saturated heterocycles. The summed E-state index contributed by atoms with van der Waals surface area (Å²) >= 11 is 1.87. The first-order valence-electron chi connectivity index (χ1n) is 15.5. The number of hydrogen-bond donors (Lipinski definition) is 0. The lowest BCUT2D eigenvalue weighted by atomic mass is 9.85. The first-order chi connectivity index (χ1) is 21.7.